The molecule has 0 unspecified atom stereocenters. The van der Waals surface area contributed by atoms with Crippen molar-refractivity contribution in [3.8, 4) is 0 Å². The second kappa shape index (κ2) is 5.44. The molecule has 106 valence electrons. The van der Waals surface area contributed by atoms with Crippen LogP contribution in [-0.2, 0) is 0 Å². The quantitative estimate of drug-likeness (QED) is 0.450. The summed E-state index contributed by atoms with van der Waals surface area (Å²) in [5.74, 6) is 6.00. The van der Waals surface area contributed by atoms with Crippen LogP contribution in [0, 0.1) is 0 Å². The van der Waals surface area contributed by atoms with Crippen LogP contribution in [-0.4, -0.2) is 5.71 Å². The summed E-state index contributed by atoms with van der Waals surface area (Å²) >= 11 is 10.5. The van der Waals surface area contributed by atoms with Gasteiger partial charge in [-0.05, 0) is 30.3 Å². The van der Waals surface area contributed by atoms with Crippen LogP contribution < -0.4 is 16.3 Å². The minimum absolute atomic E-state index is 0.596. The molecule has 1 aliphatic rings. The first kappa shape index (κ1) is 14.0. The SMILES string of the molecule is C=C1/C(=N\Nc2ccccc2Cl)c2cc(S)ccc2N1N. The van der Waals surface area contributed by atoms with Gasteiger partial charge in [-0.2, -0.15) is 5.10 Å². The van der Waals surface area contributed by atoms with E-state index in [1.807, 2.05) is 36.4 Å². The van der Waals surface area contributed by atoms with E-state index in [2.05, 4.69) is 29.7 Å². The Morgan fingerprint density at radius 1 is 1.24 bits per heavy atom. The van der Waals surface area contributed by atoms with Gasteiger partial charge in [0.2, 0.25) is 0 Å². The molecule has 0 radical (unpaired) electrons. The predicted molar refractivity (Wildman–Crippen MR) is 91.1 cm³/mol. The predicted octanol–water partition coefficient (Wildman–Crippen LogP) is 3.65. The first-order valence-electron chi connectivity index (χ1n) is 6.23. The molecule has 1 aliphatic heterocycles. The van der Waals surface area contributed by atoms with Crippen molar-refractivity contribution in [1.29, 1.82) is 0 Å². The van der Waals surface area contributed by atoms with Crippen LogP contribution in [0.3, 0.4) is 0 Å². The Bertz CT molecular complexity index is 757. The van der Waals surface area contributed by atoms with E-state index >= 15 is 0 Å². The molecule has 0 atom stereocenters. The number of halogens is 1. The fraction of sp³-hybridized carbons (Fsp3) is 0. The third-order valence-corrected chi connectivity index (χ3v) is 3.83. The summed E-state index contributed by atoms with van der Waals surface area (Å²) in [6.07, 6.45) is 0. The highest BCUT2D eigenvalue weighted by Crippen LogP contribution is 2.33. The summed E-state index contributed by atoms with van der Waals surface area (Å²) in [5, 5.41) is 6.50. The van der Waals surface area contributed by atoms with Gasteiger partial charge in [-0.25, -0.2) is 5.84 Å². The van der Waals surface area contributed by atoms with Crippen molar-refractivity contribution in [2.75, 3.05) is 10.4 Å². The summed E-state index contributed by atoms with van der Waals surface area (Å²) in [6.45, 7) is 3.97. The van der Waals surface area contributed by atoms with Crippen LogP contribution in [0.2, 0.25) is 5.02 Å². The molecule has 0 aromatic heterocycles. The van der Waals surface area contributed by atoms with E-state index < -0.39 is 0 Å². The smallest absolute Gasteiger partial charge is 0.117 e. The average Bonchev–Trinajstić information content (AvgIpc) is 2.70. The molecule has 0 fully saturated rings. The highest BCUT2D eigenvalue weighted by molar-refractivity contribution is 7.80. The first-order valence-corrected chi connectivity index (χ1v) is 7.06. The van der Waals surface area contributed by atoms with E-state index in [0.29, 0.717) is 16.4 Å². The van der Waals surface area contributed by atoms with Crippen LogP contribution in [0.4, 0.5) is 11.4 Å². The lowest BCUT2D eigenvalue weighted by Gasteiger charge is -2.11. The van der Waals surface area contributed by atoms with Crippen molar-refractivity contribution >= 4 is 41.3 Å². The fourth-order valence-corrected chi connectivity index (χ4v) is 2.51. The number of benzene rings is 2. The zero-order chi connectivity index (χ0) is 15.0. The van der Waals surface area contributed by atoms with Crippen molar-refractivity contribution in [2.24, 2.45) is 10.9 Å². The summed E-state index contributed by atoms with van der Waals surface area (Å²) in [7, 11) is 0. The van der Waals surface area contributed by atoms with Crippen LogP contribution in [0.15, 0.2) is 64.7 Å². The molecular formula is C15H13ClN4S. The molecule has 3 N–H and O–H groups in total. The number of hydrogen-bond acceptors (Lipinski definition) is 5. The second-order valence-corrected chi connectivity index (χ2v) is 5.49. The van der Waals surface area contributed by atoms with Crippen molar-refractivity contribution in [3.05, 3.63) is 65.3 Å². The lowest BCUT2D eigenvalue weighted by atomic mass is 10.1. The number of allylic oxidation sites excluding steroid dienone is 1. The highest BCUT2D eigenvalue weighted by Gasteiger charge is 2.27. The molecule has 2 aromatic rings. The van der Waals surface area contributed by atoms with Crippen molar-refractivity contribution < 1.29 is 0 Å². The van der Waals surface area contributed by atoms with Gasteiger partial charge in [0, 0.05) is 10.5 Å². The van der Waals surface area contributed by atoms with Gasteiger partial charge in [0.25, 0.3) is 0 Å². The zero-order valence-corrected chi connectivity index (χ0v) is 12.7. The van der Waals surface area contributed by atoms with Crippen LogP contribution in [0.25, 0.3) is 0 Å². The number of nitrogens with one attached hydrogen (secondary N) is 1. The summed E-state index contributed by atoms with van der Waals surface area (Å²) in [6, 6.07) is 13.1. The molecule has 2 aromatic carbocycles. The Morgan fingerprint density at radius 3 is 2.76 bits per heavy atom. The van der Waals surface area contributed by atoms with E-state index in [1.54, 1.807) is 6.07 Å². The van der Waals surface area contributed by atoms with Crippen LogP contribution in [0.5, 0.6) is 0 Å². The van der Waals surface area contributed by atoms with Gasteiger partial charge in [0.1, 0.15) is 5.71 Å². The molecule has 0 aliphatic carbocycles. The van der Waals surface area contributed by atoms with Crippen molar-refractivity contribution in [3.63, 3.8) is 0 Å². The normalized spacial score (nSPS) is 15.5. The second-order valence-electron chi connectivity index (χ2n) is 4.57. The van der Waals surface area contributed by atoms with Crippen molar-refractivity contribution in [2.45, 2.75) is 4.90 Å². The lowest BCUT2D eigenvalue weighted by Crippen LogP contribution is -2.27. The largest absolute Gasteiger partial charge is 0.277 e. The lowest BCUT2D eigenvalue weighted by molar-refractivity contribution is 1.07. The zero-order valence-electron chi connectivity index (χ0n) is 11.0. The van der Waals surface area contributed by atoms with E-state index in [-0.39, 0.29) is 0 Å². The summed E-state index contributed by atoms with van der Waals surface area (Å²) in [5.41, 5.74) is 6.69. The molecule has 1 heterocycles. The van der Waals surface area contributed by atoms with Gasteiger partial charge >= 0.3 is 0 Å². The molecule has 0 saturated heterocycles. The number of hydrazine groups is 1. The molecule has 0 amide bonds. The van der Waals surface area contributed by atoms with Crippen molar-refractivity contribution in [1.82, 2.24) is 0 Å². The number of hydrogen-bond donors (Lipinski definition) is 3. The molecule has 0 saturated carbocycles. The molecule has 4 nitrogen and oxygen atoms in total. The minimum atomic E-state index is 0.596. The number of fused-ring (bicyclic) bond motifs is 1. The number of anilines is 2. The van der Waals surface area contributed by atoms with Gasteiger partial charge in [-0.1, -0.05) is 30.3 Å². The number of para-hydroxylation sites is 1. The number of nitrogens with two attached hydrogens (primary N) is 1. The molecule has 3 rings (SSSR count). The standard InChI is InChI=1S/C15H13ClN4S/c1-9-15(19-18-13-5-3-2-4-12(13)16)11-8-10(21)6-7-14(11)20(9)17/h2-8,18,21H,1,17H2/b19-15+. The monoisotopic (exact) mass is 316 g/mol. The maximum atomic E-state index is 6.10. The van der Waals surface area contributed by atoms with E-state index in [0.717, 1.165) is 21.8 Å². The highest BCUT2D eigenvalue weighted by atomic mass is 35.5. The van der Waals surface area contributed by atoms with Gasteiger partial charge in [-0.15, -0.1) is 12.6 Å². The van der Waals surface area contributed by atoms with Gasteiger partial charge in [0.15, 0.2) is 0 Å². The number of nitrogens with zero attached hydrogens (tertiary/aromatic N) is 2. The summed E-state index contributed by atoms with van der Waals surface area (Å²) < 4.78 is 0. The Labute approximate surface area is 133 Å². The Hall–Kier alpha value is -1.95. The number of thiol groups is 1. The maximum absolute atomic E-state index is 6.10. The third kappa shape index (κ3) is 2.51. The van der Waals surface area contributed by atoms with E-state index in [9.17, 15) is 0 Å². The number of hydrazone groups is 1. The average molecular weight is 317 g/mol. The number of rotatable bonds is 2. The molecule has 0 spiro atoms. The molecule has 6 heteroatoms. The maximum Gasteiger partial charge on any atom is 0.117 e. The van der Waals surface area contributed by atoms with Crippen LogP contribution in [0.1, 0.15) is 5.56 Å². The molecular weight excluding hydrogens is 304 g/mol. The Balaban J connectivity index is 1.99. The fourth-order valence-electron chi connectivity index (χ4n) is 2.13. The van der Waals surface area contributed by atoms with Crippen LogP contribution >= 0.6 is 24.2 Å². The molecule has 21 heavy (non-hydrogen) atoms. The first-order chi connectivity index (χ1) is 10.1. The van der Waals surface area contributed by atoms with Gasteiger partial charge in [-0.3, -0.25) is 10.4 Å². The van der Waals surface area contributed by atoms with E-state index in [4.69, 9.17) is 17.4 Å². The summed E-state index contributed by atoms with van der Waals surface area (Å²) in [4.78, 5) is 0.835. The van der Waals surface area contributed by atoms with Gasteiger partial charge < -0.3 is 0 Å². The Morgan fingerprint density at radius 2 is 2.00 bits per heavy atom. The van der Waals surface area contributed by atoms with Gasteiger partial charge in [0.05, 0.1) is 22.1 Å². The molecule has 0 bridgehead atoms. The minimum Gasteiger partial charge on any atom is -0.277 e. The third-order valence-electron chi connectivity index (χ3n) is 3.22. The van der Waals surface area contributed by atoms with E-state index in [1.165, 1.54) is 5.01 Å². The Kier molecular flexibility index (Phi) is 3.63. The topological polar surface area (TPSA) is 53.7 Å².